The molecule has 0 heterocycles. The van der Waals surface area contributed by atoms with Gasteiger partial charge < -0.3 is 4.90 Å². The Morgan fingerprint density at radius 3 is 2.29 bits per heavy atom. The average Bonchev–Trinajstić information content (AvgIpc) is 2.85. The second-order valence-corrected chi connectivity index (χ2v) is 4.90. The van der Waals surface area contributed by atoms with Crippen molar-refractivity contribution in [3.63, 3.8) is 0 Å². The van der Waals surface area contributed by atoms with Crippen molar-refractivity contribution >= 4 is 0 Å². The van der Waals surface area contributed by atoms with E-state index in [0.717, 1.165) is 0 Å². The maximum Gasteiger partial charge on any atom is 0.00351 e. The Bertz CT molecular complexity index is 285. The molecule has 2 rings (SSSR count). The molecule has 0 unspecified atom stereocenters. The Hall–Kier alpha value is -0.820. The Kier molecular flexibility index (Phi) is 2.60. The third-order valence-electron chi connectivity index (χ3n) is 3.03. The fraction of sp³-hybridized carbons (Fsp3) is 0.538. The Morgan fingerprint density at radius 1 is 1.14 bits per heavy atom. The SMILES string of the molecule is CN(C)CC1(Cc2ccccc2)CC1. The van der Waals surface area contributed by atoms with Crippen molar-refractivity contribution in [1.82, 2.24) is 4.90 Å². The van der Waals surface area contributed by atoms with E-state index in [2.05, 4.69) is 49.3 Å². The minimum Gasteiger partial charge on any atom is -0.309 e. The lowest BCUT2D eigenvalue weighted by molar-refractivity contribution is 0.307. The minimum absolute atomic E-state index is 0.602. The molecule has 1 aliphatic rings. The molecule has 1 aliphatic carbocycles. The lowest BCUT2D eigenvalue weighted by atomic mass is 9.96. The highest BCUT2D eigenvalue weighted by Crippen LogP contribution is 2.48. The molecule has 1 aromatic rings. The van der Waals surface area contributed by atoms with E-state index >= 15 is 0 Å². The monoisotopic (exact) mass is 189 g/mol. The molecule has 0 spiro atoms. The van der Waals surface area contributed by atoms with Crippen molar-refractivity contribution in [3.05, 3.63) is 35.9 Å². The first-order valence-electron chi connectivity index (χ1n) is 5.39. The number of hydrogen-bond acceptors (Lipinski definition) is 1. The van der Waals surface area contributed by atoms with Gasteiger partial charge in [-0.1, -0.05) is 30.3 Å². The van der Waals surface area contributed by atoms with Gasteiger partial charge in [0, 0.05) is 6.54 Å². The van der Waals surface area contributed by atoms with Crippen LogP contribution in [-0.2, 0) is 6.42 Å². The summed E-state index contributed by atoms with van der Waals surface area (Å²) in [5, 5.41) is 0. The second kappa shape index (κ2) is 3.74. The Morgan fingerprint density at radius 2 is 1.79 bits per heavy atom. The van der Waals surface area contributed by atoms with Crippen molar-refractivity contribution in [1.29, 1.82) is 0 Å². The molecule has 0 aromatic heterocycles. The van der Waals surface area contributed by atoms with Crippen molar-refractivity contribution < 1.29 is 0 Å². The quantitative estimate of drug-likeness (QED) is 0.703. The van der Waals surface area contributed by atoms with Gasteiger partial charge in [-0.15, -0.1) is 0 Å². The predicted molar refractivity (Wildman–Crippen MR) is 60.4 cm³/mol. The highest BCUT2D eigenvalue weighted by atomic mass is 15.1. The molecule has 76 valence electrons. The third-order valence-corrected chi connectivity index (χ3v) is 3.03. The summed E-state index contributed by atoms with van der Waals surface area (Å²) in [4.78, 5) is 2.32. The van der Waals surface area contributed by atoms with Crippen LogP contribution in [0.25, 0.3) is 0 Å². The lowest BCUT2D eigenvalue weighted by Crippen LogP contribution is -2.24. The largest absolute Gasteiger partial charge is 0.309 e. The van der Waals surface area contributed by atoms with Gasteiger partial charge in [-0.25, -0.2) is 0 Å². The van der Waals surface area contributed by atoms with E-state index in [0.29, 0.717) is 5.41 Å². The van der Waals surface area contributed by atoms with Crippen LogP contribution in [0.1, 0.15) is 18.4 Å². The van der Waals surface area contributed by atoms with Crippen LogP contribution in [0.4, 0.5) is 0 Å². The molecule has 0 aliphatic heterocycles. The molecule has 0 saturated heterocycles. The molecule has 0 atom stereocenters. The topological polar surface area (TPSA) is 3.24 Å². The molecular weight excluding hydrogens is 170 g/mol. The normalized spacial score (nSPS) is 18.5. The van der Waals surface area contributed by atoms with Crippen LogP contribution in [-0.4, -0.2) is 25.5 Å². The van der Waals surface area contributed by atoms with E-state index in [-0.39, 0.29) is 0 Å². The first-order valence-corrected chi connectivity index (χ1v) is 5.39. The van der Waals surface area contributed by atoms with Gasteiger partial charge in [0.25, 0.3) is 0 Å². The van der Waals surface area contributed by atoms with Gasteiger partial charge >= 0.3 is 0 Å². The van der Waals surface area contributed by atoms with Crippen LogP contribution in [0.15, 0.2) is 30.3 Å². The van der Waals surface area contributed by atoms with Crippen LogP contribution >= 0.6 is 0 Å². The van der Waals surface area contributed by atoms with Gasteiger partial charge in [-0.3, -0.25) is 0 Å². The Labute approximate surface area is 86.7 Å². The summed E-state index contributed by atoms with van der Waals surface area (Å²) in [6, 6.07) is 10.9. The number of benzene rings is 1. The van der Waals surface area contributed by atoms with Gasteiger partial charge in [0.15, 0.2) is 0 Å². The van der Waals surface area contributed by atoms with Gasteiger partial charge in [-0.05, 0) is 44.3 Å². The molecule has 0 radical (unpaired) electrons. The number of nitrogens with zero attached hydrogens (tertiary/aromatic N) is 1. The van der Waals surface area contributed by atoms with Crippen molar-refractivity contribution in [3.8, 4) is 0 Å². The number of hydrogen-bond donors (Lipinski definition) is 0. The first-order chi connectivity index (χ1) is 6.70. The molecule has 14 heavy (non-hydrogen) atoms. The highest BCUT2D eigenvalue weighted by molar-refractivity contribution is 5.18. The molecule has 1 nitrogen and oxygen atoms in total. The van der Waals surface area contributed by atoms with Crippen LogP contribution < -0.4 is 0 Å². The Balaban J connectivity index is 1.98. The van der Waals surface area contributed by atoms with Crippen LogP contribution in [0.2, 0.25) is 0 Å². The fourth-order valence-corrected chi connectivity index (χ4v) is 2.27. The van der Waals surface area contributed by atoms with Gasteiger partial charge in [0.2, 0.25) is 0 Å². The van der Waals surface area contributed by atoms with E-state index in [1.54, 1.807) is 0 Å². The second-order valence-electron chi connectivity index (χ2n) is 4.90. The highest BCUT2D eigenvalue weighted by Gasteiger charge is 2.42. The smallest absolute Gasteiger partial charge is 0.00351 e. The summed E-state index contributed by atoms with van der Waals surface area (Å²) in [5.41, 5.74) is 2.09. The van der Waals surface area contributed by atoms with Crippen molar-refractivity contribution in [2.75, 3.05) is 20.6 Å². The third kappa shape index (κ3) is 2.36. The van der Waals surface area contributed by atoms with E-state index < -0.39 is 0 Å². The molecule has 0 bridgehead atoms. The summed E-state index contributed by atoms with van der Waals surface area (Å²) in [7, 11) is 4.34. The fourth-order valence-electron chi connectivity index (χ4n) is 2.27. The van der Waals surface area contributed by atoms with Crippen LogP contribution in [0.3, 0.4) is 0 Å². The first kappa shape index (κ1) is 9.72. The zero-order valence-electron chi connectivity index (χ0n) is 9.16. The van der Waals surface area contributed by atoms with E-state index in [4.69, 9.17) is 0 Å². The summed E-state index contributed by atoms with van der Waals surface area (Å²) < 4.78 is 0. The maximum atomic E-state index is 2.32. The van der Waals surface area contributed by atoms with Crippen LogP contribution in [0.5, 0.6) is 0 Å². The summed E-state index contributed by atoms with van der Waals surface area (Å²) in [5.74, 6) is 0. The van der Waals surface area contributed by atoms with Crippen molar-refractivity contribution in [2.24, 2.45) is 5.41 Å². The van der Waals surface area contributed by atoms with Gasteiger partial charge in [0.05, 0.1) is 0 Å². The van der Waals surface area contributed by atoms with Crippen molar-refractivity contribution in [2.45, 2.75) is 19.3 Å². The molecule has 1 saturated carbocycles. The van der Waals surface area contributed by atoms with Crippen LogP contribution in [0, 0.1) is 5.41 Å². The van der Waals surface area contributed by atoms with Gasteiger partial charge in [-0.2, -0.15) is 0 Å². The molecular formula is C13H19N. The molecule has 1 aromatic carbocycles. The summed E-state index contributed by atoms with van der Waals surface area (Å²) in [6.45, 7) is 1.24. The lowest BCUT2D eigenvalue weighted by Gasteiger charge is -2.19. The summed E-state index contributed by atoms with van der Waals surface area (Å²) >= 11 is 0. The van der Waals surface area contributed by atoms with E-state index in [1.807, 2.05) is 0 Å². The molecule has 0 amide bonds. The summed E-state index contributed by atoms with van der Waals surface area (Å²) in [6.07, 6.45) is 4.06. The van der Waals surface area contributed by atoms with Gasteiger partial charge in [0.1, 0.15) is 0 Å². The molecule has 0 N–H and O–H groups in total. The predicted octanol–water partition coefficient (Wildman–Crippen LogP) is 2.57. The molecule has 1 fully saturated rings. The number of rotatable bonds is 4. The standard InChI is InChI=1S/C13H19N/c1-14(2)11-13(8-9-13)10-12-6-4-3-5-7-12/h3-7H,8-11H2,1-2H3. The average molecular weight is 189 g/mol. The zero-order valence-corrected chi connectivity index (χ0v) is 9.16. The maximum absolute atomic E-state index is 2.32. The van der Waals surface area contributed by atoms with E-state index in [9.17, 15) is 0 Å². The molecule has 1 heteroatoms. The zero-order chi connectivity index (χ0) is 10.0. The minimum atomic E-state index is 0.602. The van der Waals surface area contributed by atoms with E-state index in [1.165, 1.54) is 31.4 Å².